The van der Waals surface area contributed by atoms with Crippen molar-refractivity contribution in [3.8, 4) is 5.75 Å². The van der Waals surface area contributed by atoms with Gasteiger partial charge in [-0.1, -0.05) is 30.3 Å². The third-order valence-corrected chi connectivity index (χ3v) is 2.89. The maximum Gasteiger partial charge on any atom is 0.344 e. The maximum absolute atomic E-state index is 11.8. The van der Waals surface area contributed by atoms with Crippen molar-refractivity contribution in [1.29, 1.82) is 0 Å². The van der Waals surface area contributed by atoms with Crippen LogP contribution >= 0.6 is 0 Å². The van der Waals surface area contributed by atoms with Crippen molar-refractivity contribution < 1.29 is 19.4 Å². The van der Waals surface area contributed by atoms with Crippen LogP contribution in [0.25, 0.3) is 10.8 Å². The molecule has 0 radical (unpaired) electrons. The van der Waals surface area contributed by atoms with E-state index < -0.39 is 12.1 Å². The summed E-state index contributed by atoms with van der Waals surface area (Å²) in [5.41, 5.74) is 0.422. The van der Waals surface area contributed by atoms with Gasteiger partial charge in [0.05, 0.1) is 5.56 Å². The lowest BCUT2D eigenvalue weighted by Gasteiger charge is -2.15. The molecule has 0 aliphatic heterocycles. The molecule has 0 aliphatic rings. The van der Waals surface area contributed by atoms with Crippen LogP contribution in [0.15, 0.2) is 36.4 Å². The van der Waals surface area contributed by atoms with E-state index in [4.69, 9.17) is 9.84 Å². The predicted octanol–water partition coefficient (Wildman–Crippen LogP) is 2.89. The predicted molar refractivity (Wildman–Crippen MR) is 71.7 cm³/mol. The number of hydrogen-bond donors (Lipinski definition) is 1. The van der Waals surface area contributed by atoms with Crippen LogP contribution in [0.4, 0.5) is 0 Å². The highest BCUT2D eigenvalue weighted by atomic mass is 16.5. The number of benzene rings is 2. The molecule has 0 bridgehead atoms. The van der Waals surface area contributed by atoms with E-state index in [9.17, 15) is 9.59 Å². The lowest BCUT2D eigenvalue weighted by Crippen LogP contribution is -2.23. The highest BCUT2D eigenvalue weighted by molar-refractivity contribution is 6.09. The Hall–Kier alpha value is -2.36. The summed E-state index contributed by atoms with van der Waals surface area (Å²) in [7, 11) is 0. The molecule has 0 amide bonds. The number of carboxylic acids is 1. The molecule has 0 spiro atoms. The minimum absolute atomic E-state index is 0.149. The van der Waals surface area contributed by atoms with E-state index in [1.807, 2.05) is 30.3 Å². The number of rotatable bonds is 4. The van der Waals surface area contributed by atoms with Crippen LogP contribution in [0, 0.1) is 0 Å². The number of carbonyl (C=O) groups is 2. The molecule has 19 heavy (non-hydrogen) atoms. The van der Waals surface area contributed by atoms with Crippen LogP contribution in [-0.2, 0) is 4.79 Å². The van der Waals surface area contributed by atoms with Gasteiger partial charge < -0.3 is 9.84 Å². The van der Waals surface area contributed by atoms with Gasteiger partial charge in [0, 0.05) is 0 Å². The molecule has 2 aromatic rings. The summed E-state index contributed by atoms with van der Waals surface area (Å²) >= 11 is 0. The Kier molecular flexibility index (Phi) is 3.51. The first kappa shape index (κ1) is 13.1. The second-order valence-electron chi connectivity index (χ2n) is 4.31. The van der Waals surface area contributed by atoms with Crippen LogP contribution in [0.5, 0.6) is 5.75 Å². The standard InChI is InChI=1S/C15H14O4/c1-9(16)14-12-6-4-3-5-11(12)7-8-13(14)19-10(2)15(17)18/h3-8,10H,1-2H3,(H,17,18)/t10-/m0/s1. The van der Waals surface area contributed by atoms with Crippen molar-refractivity contribution in [3.05, 3.63) is 42.0 Å². The normalized spacial score (nSPS) is 12.1. The van der Waals surface area contributed by atoms with Crippen LogP contribution in [0.2, 0.25) is 0 Å². The summed E-state index contributed by atoms with van der Waals surface area (Å²) in [5.74, 6) is -0.909. The van der Waals surface area contributed by atoms with Crippen molar-refractivity contribution in [2.75, 3.05) is 0 Å². The number of fused-ring (bicyclic) bond motifs is 1. The number of hydrogen-bond acceptors (Lipinski definition) is 3. The Morgan fingerprint density at radius 1 is 1.16 bits per heavy atom. The number of Topliss-reactive ketones (excluding diaryl/α,β-unsaturated/α-hetero) is 1. The number of carbonyl (C=O) groups excluding carboxylic acids is 1. The largest absolute Gasteiger partial charge is 0.479 e. The fraction of sp³-hybridized carbons (Fsp3) is 0.200. The fourth-order valence-corrected chi connectivity index (χ4v) is 1.95. The quantitative estimate of drug-likeness (QED) is 0.856. The first-order valence-corrected chi connectivity index (χ1v) is 5.93. The Labute approximate surface area is 110 Å². The fourth-order valence-electron chi connectivity index (χ4n) is 1.95. The second kappa shape index (κ2) is 5.10. The lowest BCUT2D eigenvalue weighted by atomic mass is 10.0. The zero-order valence-corrected chi connectivity index (χ0v) is 10.7. The molecular weight excluding hydrogens is 244 g/mol. The molecule has 0 fully saturated rings. The second-order valence-corrected chi connectivity index (χ2v) is 4.31. The van der Waals surface area contributed by atoms with Crippen LogP contribution in [0.1, 0.15) is 24.2 Å². The van der Waals surface area contributed by atoms with E-state index in [0.29, 0.717) is 11.3 Å². The van der Waals surface area contributed by atoms with Crippen molar-refractivity contribution in [2.45, 2.75) is 20.0 Å². The molecule has 4 nitrogen and oxygen atoms in total. The van der Waals surface area contributed by atoms with Crippen LogP contribution in [-0.4, -0.2) is 23.0 Å². The molecule has 0 unspecified atom stereocenters. The maximum atomic E-state index is 11.8. The number of carboxylic acid groups (broad SMARTS) is 1. The van der Waals surface area contributed by atoms with Crippen molar-refractivity contribution in [1.82, 2.24) is 0 Å². The van der Waals surface area contributed by atoms with Crippen molar-refractivity contribution in [2.24, 2.45) is 0 Å². The molecule has 0 aromatic heterocycles. The van der Waals surface area contributed by atoms with Crippen LogP contribution in [0.3, 0.4) is 0 Å². The molecule has 2 rings (SSSR count). The Balaban J connectivity index is 2.58. The zero-order chi connectivity index (χ0) is 14.0. The SMILES string of the molecule is CC(=O)c1c(O[C@@H](C)C(=O)O)ccc2ccccc12. The van der Waals surface area contributed by atoms with E-state index in [0.717, 1.165) is 10.8 Å². The summed E-state index contributed by atoms with van der Waals surface area (Å²) in [4.78, 5) is 22.6. The first-order chi connectivity index (χ1) is 9.00. The van der Waals surface area contributed by atoms with Gasteiger partial charge in [-0.3, -0.25) is 4.79 Å². The molecule has 0 heterocycles. The molecule has 98 valence electrons. The molecule has 1 N–H and O–H groups in total. The average Bonchev–Trinajstić information content (AvgIpc) is 2.37. The summed E-state index contributed by atoms with van der Waals surface area (Å²) in [6, 6.07) is 10.9. The van der Waals surface area contributed by atoms with Gasteiger partial charge in [-0.2, -0.15) is 0 Å². The van der Waals surface area contributed by atoms with E-state index >= 15 is 0 Å². The van der Waals surface area contributed by atoms with Crippen molar-refractivity contribution in [3.63, 3.8) is 0 Å². The van der Waals surface area contributed by atoms with Gasteiger partial charge in [-0.25, -0.2) is 4.79 Å². The molecular formula is C15H14O4. The Morgan fingerprint density at radius 3 is 2.47 bits per heavy atom. The number of aliphatic carboxylic acids is 1. The minimum atomic E-state index is -1.07. The Bertz CT molecular complexity index is 646. The lowest BCUT2D eigenvalue weighted by molar-refractivity contribution is -0.144. The Morgan fingerprint density at radius 2 is 1.84 bits per heavy atom. The van der Waals surface area contributed by atoms with Crippen LogP contribution < -0.4 is 4.74 Å². The molecule has 0 aliphatic carbocycles. The van der Waals surface area contributed by atoms with Gasteiger partial charge in [0.15, 0.2) is 11.9 Å². The molecule has 1 atom stereocenters. The zero-order valence-electron chi connectivity index (χ0n) is 10.7. The monoisotopic (exact) mass is 258 g/mol. The van der Waals surface area contributed by atoms with Gasteiger partial charge >= 0.3 is 5.97 Å². The summed E-state index contributed by atoms with van der Waals surface area (Å²) in [5, 5.41) is 10.6. The van der Waals surface area contributed by atoms with Gasteiger partial charge in [-0.05, 0) is 30.7 Å². The summed E-state index contributed by atoms with van der Waals surface area (Å²) in [6.45, 7) is 2.88. The van der Waals surface area contributed by atoms with E-state index in [2.05, 4.69) is 0 Å². The van der Waals surface area contributed by atoms with Gasteiger partial charge in [0.1, 0.15) is 5.75 Å². The van der Waals surface area contributed by atoms with Crippen molar-refractivity contribution >= 4 is 22.5 Å². The average molecular weight is 258 g/mol. The highest BCUT2D eigenvalue weighted by Gasteiger charge is 2.18. The summed E-state index contributed by atoms with van der Waals surface area (Å²) < 4.78 is 5.36. The van der Waals surface area contributed by atoms with E-state index in [1.165, 1.54) is 13.8 Å². The molecule has 2 aromatic carbocycles. The number of ketones is 1. The minimum Gasteiger partial charge on any atom is -0.479 e. The summed E-state index contributed by atoms with van der Waals surface area (Å²) in [6.07, 6.45) is -1.00. The van der Waals surface area contributed by atoms with Gasteiger partial charge in [-0.15, -0.1) is 0 Å². The van der Waals surface area contributed by atoms with Gasteiger partial charge in [0.25, 0.3) is 0 Å². The third-order valence-electron chi connectivity index (χ3n) is 2.89. The smallest absolute Gasteiger partial charge is 0.344 e. The highest BCUT2D eigenvalue weighted by Crippen LogP contribution is 2.29. The third kappa shape index (κ3) is 2.57. The van der Waals surface area contributed by atoms with E-state index in [-0.39, 0.29) is 5.78 Å². The molecule has 0 saturated heterocycles. The number of ether oxygens (including phenoxy) is 1. The molecule has 4 heteroatoms. The molecule has 0 saturated carbocycles. The van der Waals surface area contributed by atoms with Gasteiger partial charge in [0.2, 0.25) is 0 Å². The topological polar surface area (TPSA) is 63.6 Å². The van der Waals surface area contributed by atoms with E-state index in [1.54, 1.807) is 6.07 Å². The first-order valence-electron chi connectivity index (χ1n) is 5.93.